The van der Waals surface area contributed by atoms with Crippen molar-refractivity contribution in [3.8, 4) is 0 Å². The van der Waals surface area contributed by atoms with E-state index in [1.807, 2.05) is 13.8 Å². The maximum Gasteiger partial charge on any atom is 0.245 e. The number of sulfonamides is 1. The smallest absolute Gasteiger partial charge is 0.245 e. The molecular weight excluding hydrogens is 278 g/mol. The van der Waals surface area contributed by atoms with E-state index in [1.165, 1.54) is 12.1 Å². The van der Waals surface area contributed by atoms with Gasteiger partial charge in [-0.1, -0.05) is 19.1 Å². The molecule has 0 saturated heterocycles. The summed E-state index contributed by atoms with van der Waals surface area (Å²) < 4.78 is 26.1. The van der Waals surface area contributed by atoms with Gasteiger partial charge in [0.05, 0.1) is 12.2 Å². The predicted molar refractivity (Wildman–Crippen MR) is 78.6 cm³/mol. The number of nitrogens with zero attached hydrogens (tertiary/aromatic N) is 1. The van der Waals surface area contributed by atoms with E-state index in [0.29, 0.717) is 0 Å². The van der Waals surface area contributed by atoms with Crippen LogP contribution in [0.4, 0.5) is 5.69 Å². The van der Waals surface area contributed by atoms with Crippen LogP contribution in [0.1, 0.15) is 20.8 Å². The normalized spacial score (nSPS) is 11.8. The number of likely N-dealkylation sites (N-methyl/N-ethyl adjacent to an activating group) is 1. The Morgan fingerprint density at radius 1 is 1.35 bits per heavy atom. The van der Waals surface area contributed by atoms with E-state index in [0.717, 1.165) is 4.31 Å². The van der Waals surface area contributed by atoms with E-state index >= 15 is 0 Å². The molecule has 1 aromatic carbocycles. The van der Waals surface area contributed by atoms with Gasteiger partial charge in [-0.05, 0) is 26.0 Å². The van der Waals surface area contributed by atoms with Crippen LogP contribution in [0.15, 0.2) is 29.2 Å². The highest BCUT2D eigenvalue weighted by Gasteiger charge is 2.26. The molecule has 1 amide bonds. The number of nitrogens with two attached hydrogens (primary N) is 1. The van der Waals surface area contributed by atoms with Crippen molar-refractivity contribution in [2.45, 2.75) is 31.7 Å². The zero-order valence-electron chi connectivity index (χ0n) is 12.0. The average Bonchev–Trinajstić information content (AvgIpc) is 2.35. The molecule has 0 saturated carbocycles. The summed E-state index contributed by atoms with van der Waals surface area (Å²) in [6.07, 6.45) is 0. The third-order valence-corrected chi connectivity index (χ3v) is 4.65. The van der Waals surface area contributed by atoms with Crippen molar-refractivity contribution in [3.05, 3.63) is 24.3 Å². The van der Waals surface area contributed by atoms with Crippen LogP contribution in [-0.2, 0) is 14.8 Å². The lowest BCUT2D eigenvalue weighted by molar-refractivity contribution is -0.121. The van der Waals surface area contributed by atoms with Crippen LogP contribution in [0.5, 0.6) is 0 Å². The van der Waals surface area contributed by atoms with Gasteiger partial charge in [-0.25, -0.2) is 8.42 Å². The van der Waals surface area contributed by atoms with Crippen molar-refractivity contribution in [1.82, 2.24) is 9.62 Å². The van der Waals surface area contributed by atoms with Crippen molar-refractivity contribution in [3.63, 3.8) is 0 Å². The average molecular weight is 299 g/mol. The highest BCUT2D eigenvalue weighted by atomic mass is 32.2. The van der Waals surface area contributed by atoms with Gasteiger partial charge in [0.1, 0.15) is 4.90 Å². The van der Waals surface area contributed by atoms with Crippen LogP contribution in [-0.4, -0.2) is 37.8 Å². The Kier molecular flexibility index (Phi) is 5.52. The van der Waals surface area contributed by atoms with Crippen molar-refractivity contribution < 1.29 is 13.2 Å². The van der Waals surface area contributed by atoms with E-state index in [1.54, 1.807) is 19.1 Å². The van der Waals surface area contributed by atoms with Crippen molar-refractivity contribution >= 4 is 21.6 Å². The standard InChI is InChI=1S/C13H21N3O3S/c1-4-16(9-13(17)15-10(2)3)20(18,19)12-8-6-5-7-11(12)14/h5-8,10H,4,9,14H2,1-3H3,(H,15,17). The maximum atomic E-state index is 12.5. The lowest BCUT2D eigenvalue weighted by atomic mass is 10.3. The Balaban J connectivity index is 3.00. The number of benzene rings is 1. The predicted octanol–water partition coefficient (Wildman–Crippen LogP) is 0.804. The Labute approximate surface area is 120 Å². The molecule has 0 atom stereocenters. The number of nitrogens with one attached hydrogen (secondary N) is 1. The molecule has 0 aliphatic rings. The summed E-state index contributed by atoms with van der Waals surface area (Å²) in [5.74, 6) is -0.333. The number of anilines is 1. The Morgan fingerprint density at radius 2 is 1.95 bits per heavy atom. The van der Waals surface area contributed by atoms with E-state index in [-0.39, 0.29) is 35.6 Å². The summed E-state index contributed by atoms with van der Waals surface area (Å²) in [5, 5.41) is 2.67. The van der Waals surface area contributed by atoms with Gasteiger partial charge >= 0.3 is 0 Å². The fourth-order valence-corrected chi connectivity index (χ4v) is 3.27. The molecule has 0 aromatic heterocycles. The van der Waals surface area contributed by atoms with Crippen molar-refractivity contribution in [1.29, 1.82) is 0 Å². The van der Waals surface area contributed by atoms with Crippen LogP contribution >= 0.6 is 0 Å². The molecule has 3 N–H and O–H groups in total. The van der Waals surface area contributed by atoms with Gasteiger partial charge in [0.25, 0.3) is 0 Å². The van der Waals surface area contributed by atoms with Crippen LogP contribution < -0.4 is 11.1 Å². The second-order valence-electron chi connectivity index (χ2n) is 4.69. The Bertz CT molecular complexity index is 570. The Hall–Kier alpha value is -1.60. The summed E-state index contributed by atoms with van der Waals surface area (Å²) in [6.45, 7) is 5.29. The van der Waals surface area contributed by atoms with Gasteiger partial charge in [0.2, 0.25) is 15.9 Å². The minimum Gasteiger partial charge on any atom is -0.398 e. The molecule has 0 aliphatic heterocycles. The van der Waals surface area contributed by atoms with Gasteiger partial charge < -0.3 is 11.1 Å². The number of carbonyl (C=O) groups excluding carboxylic acids is 1. The molecule has 0 unspecified atom stereocenters. The van der Waals surface area contributed by atoms with Crippen LogP contribution in [0, 0.1) is 0 Å². The van der Waals surface area contributed by atoms with E-state index in [9.17, 15) is 13.2 Å². The van der Waals surface area contributed by atoms with E-state index in [2.05, 4.69) is 5.32 Å². The quantitative estimate of drug-likeness (QED) is 0.760. The zero-order chi connectivity index (χ0) is 15.3. The number of amides is 1. The second-order valence-corrected chi connectivity index (χ2v) is 6.60. The fraction of sp³-hybridized carbons (Fsp3) is 0.462. The molecule has 20 heavy (non-hydrogen) atoms. The van der Waals surface area contributed by atoms with Crippen molar-refractivity contribution in [2.24, 2.45) is 0 Å². The second kappa shape index (κ2) is 6.71. The largest absolute Gasteiger partial charge is 0.398 e. The molecule has 7 heteroatoms. The van der Waals surface area contributed by atoms with Gasteiger partial charge in [0, 0.05) is 12.6 Å². The summed E-state index contributed by atoms with van der Waals surface area (Å²) in [5.41, 5.74) is 5.88. The Morgan fingerprint density at radius 3 is 2.45 bits per heavy atom. The molecule has 0 radical (unpaired) electrons. The molecule has 0 aliphatic carbocycles. The van der Waals surface area contributed by atoms with Gasteiger partial charge in [-0.3, -0.25) is 4.79 Å². The zero-order valence-corrected chi connectivity index (χ0v) is 12.8. The first kappa shape index (κ1) is 16.5. The lowest BCUT2D eigenvalue weighted by Gasteiger charge is -2.21. The van der Waals surface area contributed by atoms with Gasteiger partial charge in [-0.2, -0.15) is 4.31 Å². The summed E-state index contributed by atoms with van der Waals surface area (Å²) in [4.78, 5) is 11.8. The van der Waals surface area contributed by atoms with Gasteiger partial charge in [-0.15, -0.1) is 0 Å². The van der Waals surface area contributed by atoms with Crippen LogP contribution in [0.25, 0.3) is 0 Å². The minimum atomic E-state index is -3.77. The number of para-hydroxylation sites is 1. The highest BCUT2D eigenvalue weighted by molar-refractivity contribution is 7.89. The molecule has 1 aromatic rings. The topological polar surface area (TPSA) is 92.5 Å². The SMILES string of the molecule is CCN(CC(=O)NC(C)C)S(=O)(=O)c1ccccc1N. The molecule has 1 rings (SSSR count). The molecular formula is C13H21N3O3S. The molecule has 0 heterocycles. The van der Waals surface area contributed by atoms with Crippen molar-refractivity contribution in [2.75, 3.05) is 18.8 Å². The van der Waals surface area contributed by atoms with Crippen LogP contribution in [0.2, 0.25) is 0 Å². The van der Waals surface area contributed by atoms with E-state index < -0.39 is 10.0 Å². The first-order chi connectivity index (χ1) is 9.28. The highest BCUT2D eigenvalue weighted by Crippen LogP contribution is 2.21. The first-order valence-electron chi connectivity index (χ1n) is 6.43. The number of hydrogen-bond donors (Lipinski definition) is 2. The molecule has 112 valence electrons. The molecule has 0 bridgehead atoms. The number of hydrogen-bond acceptors (Lipinski definition) is 4. The molecule has 0 spiro atoms. The monoisotopic (exact) mass is 299 g/mol. The number of rotatable bonds is 6. The molecule has 6 nitrogen and oxygen atoms in total. The summed E-state index contributed by atoms with van der Waals surface area (Å²) in [7, 11) is -3.77. The summed E-state index contributed by atoms with van der Waals surface area (Å²) in [6, 6.07) is 6.19. The third kappa shape index (κ3) is 3.94. The van der Waals surface area contributed by atoms with E-state index in [4.69, 9.17) is 5.73 Å². The lowest BCUT2D eigenvalue weighted by Crippen LogP contribution is -2.42. The minimum absolute atomic E-state index is 0.0270. The number of carbonyl (C=O) groups is 1. The number of nitrogen functional groups attached to an aromatic ring is 1. The fourth-order valence-electron chi connectivity index (χ4n) is 1.75. The van der Waals surface area contributed by atoms with Gasteiger partial charge in [0.15, 0.2) is 0 Å². The summed E-state index contributed by atoms with van der Waals surface area (Å²) >= 11 is 0. The molecule has 0 fully saturated rings. The first-order valence-corrected chi connectivity index (χ1v) is 7.87. The van der Waals surface area contributed by atoms with Crippen LogP contribution in [0.3, 0.4) is 0 Å². The maximum absolute atomic E-state index is 12.5. The third-order valence-electron chi connectivity index (χ3n) is 2.66.